The Morgan fingerprint density at radius 3 is 2.88 bits per heavy atom. The molecule has 0 spiro atoms. The van der Waals surface area contributed by atoms with Crippen molar-refractivity contribution in [1.82, 2.24) is 14.6 Å². The number of halogens is 3. The molecule has 0 bridgehead atoms. The van der Waals surface area contributed by atoms with Gasteiger partial charge >= 0.3 is 6.18 Å². The van der Waals surface area contributed by atoms with E-state index < -0.39 is 18.6 Å². The normalized spacial score (nSPS) is 13.9. The second-order valence-corrected chi connectivity index (χ2v) is 3.80. The molecule has 1 atom stereocenters. The van der Waals surface area contributed by atoms with Gasteiger partial charge in [0.2, 0.25) is 0 Å². The zero-order chi connectivity index (χ0) is 12.5. The van der Waals surface area contributed by atoms with Gasteiger partial charge in [0.15, 0.2) is 5.82 Å². The highest BCUT2D eigenvalue weighted by Gasteiger charge is 2.30. The first kappa shape index (κ1) is 11.7. The molecule has 7 heteroatoms. The van der Waals surface area contributed by atoms with Crippen LogP contribution in [0.4, 0.5) is 19.0 Å². The van der Waals surface area contributed by atoms with Crippen LogP contribution in [0.3, 0.4) is 0 Å². The van der Waals surface area contributed by atoms with Gasteiger partial charge in [-0.25, -0.2) is 9.50 Å². The molecule has 1 unspecified atom stereocenters. The number of nitrogens with one attached hydrogen (secondary N) is 1. The average molecular weight is 244 g/mol. The molecule has 0 amide bonds. The third-order valence-electron chi connectivity index (χ3n) is 2.25. The van der Waals surface area contributed by atoms with E-state index in [-0.39, 0.29) is 0 Å². The van der Waals surface area contributed by atoms with E-state index >= 15 is 0 Å². The monoisotopic (exact) mass is 244 g/mol. The Morgan fingerprint density at radius 1 is 1.41 bits per heavy atom. The molecule has 2 aromatic rings. The van der Waals surface area contributed by atoms with Crippen LogP contribution in [0.25, 0.3) is 5.52 Å². The van der Waals surface area contributed by atoms with Gasteiger partial charge in [-0.1, -0.05) is 0 Å². The minimum Gasteiger partial charge on any atom is -0.365 e. The Kier molecular flexibility index (Phi) is 2.91. The molecule has 0 aliphatic rings. The molecular weight excluding hydrogens is 233 g/mol. The van der Waals surface area contributed by atoms with Crippen molar-refractivity contribution >= 4 is 11.3 Å². The van der Waals surface area contributed by atoms with E-state index in [2.05, 4.69) is 15.4 Å². The van der Waals surface area contributed by atoms with Crippen LogP contribution in [0.15, 0.2) is 24.7 Å². The first-order valence-electron chi connectivity index (χ1n) is 5.07. The van der Waals surface area contributed by atoms with E-state index in [0.717, 1.165) is 0 Å². The zero-order valence-electron chi connectivity index (χ0n) is 9.07. The quantitative estimate of drug-likeness (QED) is 0.901. The summed E-state index contributed by atoms with van der Waals surface area (Å²) in [6, 6.07) is 0.957. The molecule has 17 heavy (non-hydrogen) atoms. The maximum absolute atomic E-state index is 12.2. The van der Waals surface area contributed by atoms with Crippen molar-refractivity contribution in [3.05, 3.63) is 24.7 Å². The fourth-order valence-corrected chi connectivity index (χ4v) is 1.60. The summed E-state index contributed by atoms with van der Waals surface area (Å²) in [7, 11) is 0. The number of anilines is 1. The summed E-state index contributed by atoms with van der Waals surface area (Å²) in [4.78, 5) is 4.01. The lowest BCUT2D eigenvalue weighted by Gasteiger charge is -2.16. The van der Waals surface area contributed by atoms with Crippen molar-refractivity contribution in [2.24, 2.45) is 0 Å². The predicted octanol–water partition coefficient (Wildman–Crippen LogP) is 2.48. The number of aromatic nitrogens is 3. The molecule has 0 fully saturated rings. The van der Waals surface area contributed by atoms with E-state index in [9.17, 15) is 13.2 Å². The van der Waals surface area contributed by atoms with Gasteiger partial charge in [-0.15, -0.1) is 0 Å². The SMILES string of the molecule is CC(CC(F)(F)F)Nc1nccn2nccc12. The smallest absolute Gasteiger partial charge is 0.365 e. The summed E-state index contributed by atoms with van der Waals surface area (Å²) in [6.07, 6.45) is -0.393. The molecule has 1 N–H and O–H groups in total. The fraction of sp³-hybridized carbons (Fsp3) is 0.400. The Bertz CT molecular complexity index is 505. The summed E-state index contributed by atoms with van der Waals surface area (Å²) in [5.41, 5.74) is 0.654. The van der Waals surface area contributed by atoms with Crippen LogP contribution in [0.5, 0.6) is 0 Å². The summed E-state index contributed by atoms with van der Waals surface area (Å²) in [6.45, 7) is 1.47. The molecule has 92 valence electrons. The molecule has 0 aliphatic carbocycles. The van der Waals surface area contributed by atoms with Gasteiger partial charge in [-0.3, -0.25) is 0 Å². The maximum atomic E-state index is 12.2. The second-order valence-electron chi connectivity index (χ2n) is 3.80. The summed E-state index contributed by atoms with van der Waals surface area (Å²) < 4.78 is 38.1. The number of hydrogen-bond donors (Lipinski definition) is 1. The van der Waals surface area contributed by atoms with Crippen molar-refractivity contribution in [3.8, 4) is 0 Å². The van der Waals surface area contributed by atoms with Crippen LogP contribution < -0.4 is 5.32 Å². The first-order valence-corrected chi connectivity index (χ1v) is 5.07. The van der Waals surface area contributed by atoms with E-state index in [0.29, 0.717) is 11.3 Å². The van der Waals surface area contributed by atoms with Crippen LogP contribution in [-0.4, -0.2) is 26.8 Å². The summed E-state index contributed by atoms with van der Waals surface area (Å²) in [5, 5.41) is 6.71. The molecule has 0 radical (unpaired) electrons. The molecule has 2 heterocycles. The third-order valence-corrected chi connectivity index (χ3v) is 2.25. The minimum atomic E-state index is -4.18. The molecule has 0 saturated heterocycles. The Labute approximate surface area is 95.5 Å². The molecular formula is C10H11F3N4. The van der Waals surface area contributed by atoms with Crippen LogP contribution in [0, 0.1) is 0 Å². The Morgan fingerprint density at radius 2 is 2.18 bits per heavy atom. The Hall–Kier alpha value is -1.79. The largest absolute Gasteiger partial charge is 0.391 e. The molecule has 4 nitrogen and oxygen atoms in total. The minimum absolute atomic E-state index is 0.404. The number of fused-ring (bicyclic) bond motifs is 1. The van der Waals surface area contributed by atoms with E-state index in [1.54, 1.807) is 23.0 Å². The van der Waals surface area contributed by atoms with Gasteiger partial charge in [-0.05, 0) is 13.0 Å². The van der Waals surface area contributed by atoms with Gasteiger partial charge in [0.1, 0.15) is 5.52 Å². The number of hydrogen-bond acceptors (Lipinski definition) is 3. The lowest BCUT2D eigenvalue weighted by molar-refractivity contribution is -0.136. The molecule has 0 aromatic carbocycles. The maximum Gasteiger partial charge on any atom is 0.391 e. The number of nitrogens with zero attached hydrogens (tertiary/aromatic N) is 3. The topological polar surface area (TPSA) is 42.2 Å². The Balaban J connectivity index is 2.15. The van der Waals surface area contributed by atoms with Crippen LogP contribution in [0.2, 0.25) is 0 Å². The summed E-state index contributed by atoms with van der Waals surface area (Å²) in [5.74, 6) is 0.404. The van der Waals surface area contributed by atoms with Gasteiger partial charge in [0, 0.05) is 18.4 Å². The van der Waals surface area contributed by atoms with Crippen LogP contribution in [0.1, 0.15) is 13.3 Å². The number of rotatable bonds is 3. The fourth-order valence-electron chi connectivity index (χ4n) is 1.60. The van der Waals surface area contributed by atoms with Crippen molar-refractivity contribution < 1.29 is 13.2 Å². The highest BCUT2D eigenvalue weighted by Crippen LogP contribution is 2.23. The lowest BCUT2D eigenvalue weighted by Crippen LogP contribution is -2.24. The lowest BCUT2D eigenvalue weighted by atomic mass is 10.2. The second kappa shape index (κ2) is 4.23. The van der Waals surface area contributed by atoms with Crippen molar-refractivity contribution in [2.45, 2.75) is 25.6 Å². The summed E-state index contributed by atoms with van der Waals surface area (Å²) >= 11 is 0. The molecule has 0 saturated carbocycles. The molecule has 2 aromatic heterocycles. The van der Waals surface area contributed by atoms with Crippen molar-refractivity contribution in [2.75, 3.05) is 5.32 Å². The van der Waals surface area contributed by atoms with Gasteiger partial charge < -0.3 is 5.32 Å². The molecule has 0 aliphatic heterocycles. The highest BCUT2D eigenvalue weighted by molar-refractivity contribution is 5.66. The zero-order valence-corrected chi connectivity index (χ0v) is 9.07. The average Bonchev–Trinajstić information content (AvgIpc) is 2.63. The van der Waals surface area contributed by atoms with E-state index in [1.165, 1.54) is 13.1 Å². The standard InChI is InChI=1S/C10H11F3N4/c1-7(6-10(11,12)13)16-9-8-2-3-15-17(8)5-4-14-9/h2-5,7H,6H2,1H3,(H,14,16). The molecule has 2 rings (SSSR count). The van der Waals surface area contributed by atoms with Gasteiger partial charge in [0.05, 0.1) is 12.6 Å². The van der Waals surface area contributed by atoms with Gasteiger partial charge in [0.25, 0.3) is 0 Å². The third kappa shape index (κ3) is 2.86. The van der Waals surface area contributed by atoms with E-state index in [1.807, 2.05) is 0 Å². The van der Waals surface area contributed by atoms with Crippen molar-refractivity contribution in [1.29, 1.82) is 0 Å². The highest BCUT2D eigenvalue weighted by atomic mass is 19.4. The predicted molar refractivity (Wildman–Crippen MR) is 56.7 cm³/mol. The number of alkyl halides is 3. The van der Waals surface area contributed by atoms with Crippen molar-refractivity contribution in [3.63, 3.8) is 0 Å². The van der Waals surface area contributed by atoms with Crippen LogP contribution >= 0.6 is 0 Å². The first-order chi connectivity index (χ1) is 7.96. The van der Waals surface area contributed by atoms with Crippen LogP contribution in [-0.2, 0) is 0 Å². The van der Waals surface area contributed by atoms with Gasteiger partial charge in [-0.2, -0.15) is 18.3 Å². The van der Waals surface area contributed by atoms with E-state index in [4.69, 9.17) is 0 Å².